The van der Waals surface area contributed by atoms with Gasteiger partial charge in [-0.05, 0) is 38.3 Å². The molecule has 144 valence electrons. The van der Waals surface area contributed by atoms with Crippen LogP contribution in [0.25, 0.3) is 0 Å². The van der Waals surface area contributed by atoms with Gasteiger partial charge in [0.2, 0.25) is 5.91 Å². The second-order valence-corrected chi connectivity index (χ2v) is 7.08. The molecule has 8 heteroatoms. The molecule has 1 amide bonds. The summed E-state index contributed by atoms with van der Waals surface area (Å²) in [5.74, 6) is -1.54. The van der Waals surface area contributed by atoms with Crippen molar-refractivity contribution >= 4 is 11.9 Å². The number of halogens is 3. The Morgan fingerprint density at radius 3 is 2.31 bits per heavy atom. The molecular weight excluding hydrogens is 351 g/mol. The van der Waals surface area contributed by atoms with Crippen LogP contribution in [0.15, 0.2) is 24.3 Å². The molecule has 0 aliphatic carbocycles. The van der Waals surface area contributed by atoms with Crippen molar-refractivity contribution in [1.82, 2.24) is 5.32 Å². The van der Waals surface area contributed by atoms with Gasteiger partial charge in [-0.2, -0.15) is 13.2 Å². The lowest BCUT2D eigenvalue weighted by Gasteiger charge is -2.34. The van der Waals surface area contributed by atoms with E-state index in [1.54, 1.807) is 0 Å². The van der Waals surface area contributed by atoms with Crippen LogP contribution in [0.3, 0.4) is 0 Å². The van der Waals surface area contributed by atoms with Crippen molar-refractivity contribution in [2.24, 2.45) is 5.41 Å². The summed E-state index contributed by atoms with van der Waals surface area (Å²) in [6.07, 6.45) is -3.96. The Balaban J connectivity index is 2.16. The van der Waals surface area contributed by atoms with Crippen molar-refractivity contribution in [3.63, 3.8) is 0 Å². The fourth-order valence-electron chi connectivity index (χ4n) is 2.91. The van der Waals surface area contributed by atoms with Crippen LogP contribution in [0.5, 0.6) is 0 Å². The van der Waals surface area contributed by atoms with Crippen LogP contribution < -0.4 is 5.32 Å². The number of carboxylic acid groups (broad SMARTS) is 1. The monoisotopic (exact) mass is 373 g/mol. The molecule has 1 aliphatic rings. The lowest BCUT2D eigenvalue weighted by atomic mass is 9.79. The third kappa shape index (κ3) is 4.17. The Labute approximate surface area is 149 Å². The van der Waals surface area contributed by atoms with E-state index in [0.717, 1.165) is 12.1 Å². The molecule has 5 nitrogen and oxygen atoms in total. The molecule has 0 spiro atoms. The zero-order valence-corrected chi connectivity index (χ0v) is 14.7. The van der Waals surface area contributed by atoms with Gasteiger partial charge in [-0.15, -0.1) is 0 Å². The average Bonchev–Trinajstić information content (AvgIpc) is 2.59. The second kappa shape index (κ2) is 7.26. The van der Waals surface area contributed by atoms with Crippen molar-refractivity contribution in [3.05, 3.63) is 35.4 Å². The summed E-state index contributed by atoms with van der Waals surface area (Å²) in [6, 6.07) is 4.60. The molecule has 1 aliphatic heterocycles. The SMILES string of the molecule is CC(C)(C(=O)NCC1(C(=O)O)CCOCC1)c1cccc(C(F)(F)F)c1. The summed E-state index contributed by atoms with van der Waals surface area (Å²) in [5.41, 5.74) is -2.98. The van der Waals surface area contributed by atoms with E-state index in [-0.39, 0.29) is 24.9 Å². The standard InChI is InChI=1S/C18H22F3NO4/c1-16(2,12-4-3-5-13(10-12)18(19,20)21)14(23)22-11-17(15(24)25)6-8-26-9-7-17/h3-5,10H,6-9,11H2,1-2H3,(H,22,23)(H,24,25). The zero-order valence-electron chi connectivity index (χ0n) is 14.7. The van der Waals surface area contributed by atoms with Gasteiger partial charge in [-0.3, -0.25) is 9.59 Å². The van der Waals surface area contributed by atoms with Crippen molar-refractivity contribution in [2.45, 2.75) is 38.3 Å². The molecule has 1 heterocycles. The molecule has 2 N–H and O–H groups in total. The van der Waals surface area contributed by atoms with Gasteiger partial charge < -0.3 is 15.2 Å². The number of ether oxygens (including phenoxy) is 1. The molecule has 1 aromatic rings. The topological polar surface area (TPSA) is 75.6 Å². The van der Waals surface area contributed by atoms with Crippen molar-refractivity contribution in [1.29, 1.82) is 0 Å². The van der Waals surface area contributed by atoms with Gasteiger partial charge >= 0.3 is 12.1 Å². The van der Waals surface area contributed by atoms with E-state index in [2.05, 4.69) is 5.32 Å². The fourth-order valence-corrected chi connectivity index (χ4v) is 2.91. The van der Waals surface area contributed by atoms with E-state index in [9.17, 15) is 27.9 Å². The average molecular weight is 373 g/mol. The molecule has 2 rings (SSSR count). The Morgan fingerprint density at radius 2 is 1.77 bits per heavy atom. The summed E-state index contributed by atoms with van der Waals surface area (Å²) >= 11 is 0. The minimum absolute atomic E-state index is 0.0904. The quantitative estimate of drug-likeness (QED) is 0.832. The van der Waals surface area contributed by atoms with Gasteiger partial charge in [-0.1, -0.05) is 18.2 Å². The predicted molar refractivity (Wildman–Crippen MR) is 87.6 cm³/mol. The van der Waals surface area contributed by atoms with Gasteiger partial charge in [0.1, 0.15) is 0 Å². The number of hydrogen-bond donors (Lipinski definition) is 2. The van der Waals surface area contributed by atoms with Crippen LogP contribution in [-0.4, -0.2) is 36.7 Å². The first-order chi connectivity index (χ1) is 12.0. The molecule has 0 saturated carbocycles. The number of alkyl halides is 3. The molecular formula is C18H22F3NO4. The van der Waals surface area contributed by atoms with Gasteiger partial charge in [-0.25, -0.2) is 0 Å². The number of aliphatic carboxylic acids is 1. The third-order valence-electron chi connectivity index (χ3n) is 4.97. The van der Waals surface area contributed by atoms with E-state index in [1.807, 2.05) is 0 Å². The smallest absolute Gasteiger partial charge is 0.416 e. The molecule has 0 radical (unpaired) electrons. The molecule has 0 aromatic heterocycles. The summed E-state index contributed by atoms with van der Waals surface area (Å²) < 4.78 is 43.9. The maximum Gasteiger partial charge on any atom is 0.416 e. The Morgan fingerprint density at radius 1 is 1.19 bits per heavy atom. The van der Waals surface area contributed by atoms with Gasteiger partial charge in [0.15, 0.2) is 0 Å². The van der Waals surface area contributed by atoms with E-state index in [1.165, 1.54) is 26.0 Å². The highest BCUT2D eigenvalue weighted by atomic mass is 19.4. The van der Waals surface area contributed by atoms with E-state index in [0.29, 0.717) is 13.2 Å². The summed E-state index contributed by atoms with van der Waals surface area (Å²) in [7, 11) is 0. The predicted octanol–water partition coefficient (Wildman–Crippen LogP) is 2.98. The Kier molecular flexibility index (Phi) is 5.65. The lowest BCUT2D eigenvalue weighted by molar-refractivity contribution is -0.155. The second-order valence-electron chi connectivity index (χ2n) is 7.08. The molecule has 1 saturated heterocycles. The number of benzene rings is 1. The summed E-state index contributed by atoms with van der Waals surface area (Å²) in [5, 5.41) is 12.1. The van der Waals surface area contributed by atoms with Crippen LogP contribution in [-0.2, 0) is 25.9 Å². The molecule has 0 bridgehead atoms. The number of carbonyl (C=O) groups is 2. The van der Waals surface area contributed by atoms with Crippen LogP contribution in [0.4, 0.5) is 13.2 Å². The highest BCUT2D eigenvalue weighted by Crippen LogP contribution is 2.34. The van der Waals surface area contributed by atoms with Crippen molar-refractivity contribution in [3.8, 4) is 0 Å². The summed E-state index contributed by atoms with van der Waals surface area (Å²) in [6.45, 7) is 3.51. The molecule has 0 unspecified atom stereocenters. The van der Waals surface area contributed by atoms with Crippen LogP contribution >= 0.6 is 0 Å². The first-order valence-corrected chi connectivity index (χ1v) is 8.26. The number of amides is 1. The lowest BCUT2D eigenvalue weighted by Crippen LogP contribution is -2.50. The Bertz CT molecular complexity index is 679. The van der Waals surface area contributed by atoms with E-state index < -0.39 is 34.4 Å². The van der Waals surface area contributed by atoms with Gasteiger partial charge in [0.25, 0.3) is 0 Å². The van der Waals surface area contributed by atoms with Gasteiger partial charge in [0, 0.05) is 19.8 Å². The van der Waals surface area contributed by atoms with E-state index >= 15 is 0 Å². The zero-order chi connectivity index (χ0) is 19.6. The highest BCUT2D eigenvalue weighted by molar-refractivity contribution is 5.88. The molecule has 1 fully saturated rings. The maximum absolute atomic E-state index is 12.9. The number of nitrogens with one attached hydrogen (secondary N) is 1. The number of hydrogen-bond acceptors (Lipinski definition) is 3. The minimum atomic E-state index is -4.50. The van der Waals surface area contributed by atoms with Gasteiger partial charge in [0.05, 0.1) is 16.4 Å². The van der Waals surface area contributed by atoms with Crippen molar-refractivity contribution < 1.29 is 32.6 Å². The minimum Gasteiger partial charge on any atom is -0.481 e. The number of carbonyl (C=O) groups excluding carboxylic acids is 1. The summed E-state index contributed by atoms with van der Waals surface area (Å²) in [4.78, 5) is 24.2. The largest absolute Gasteiger partial charge is 0.481 e. The fraction of sp³-hybridized carbons (Fsp3) is 0.556. The van der Waals surface area contributed by atoms with Crippen LogP contribution in [0.2, 0.25) is 0 Å². The Hall–Kier alpha value is -2.09. The maximum atomic E-state index is 12.9. The molecule has 26 heavy (non-hydrogen) atoms. The third-order valence-corrected chi connectivity index (χ3v) is 4.97. The molecule has 0 atom stereocenters. The van der Waals surface area contributed by atoms with Crippen LogP contribution in [0.1, 0.15) is 37.8 Å². The van der Waals surface area contributed by atoms with Crippen molar-refractivity contribution in [2.75, 3.05) is 19.8 Å². The normalized spacial score (nSPS) is 17.6. The first kappa shape index (κ1) is 20.2. The number of rotatable bonds is 5. The van der Waals surface area contributed by atoms with Crippen LogP contribution in [0, 0.1) is 5.41 Å². The first-order valence-electron chi connectivity index (χ1n) is 8.26. The number of carboxylic acids is 1. The van der Waals surface area contributed by atoms with E-state index in [4.69, 9.17) is 4.74 Å². The highest BCUT2D eigenvalue weighted by Gasteiger charge is 2.42. The molecule has 1 aromatic carbocycles.